The average molecular weight is 436 g/mol. The van der Waals surface area contributed by atoms with Crippen LogP contribution in [-0.2, 0) is 13.0 Å². The number of thiazole rings is 1. The summed E-state index contributed by atoms with van der Waals surface area (Å²) in [7, 11) is 3.89. The first-order valence-corrected chi connectivity index (χ1v) is 10.7. The van der Waals surface area contributed by atoms with Crippen molar-refractivity contribution in [3.05, 3.63) is 45.4 Å². The Kier molecular flexibility index (Phi) is 6.91. The van der Waals surface area contributed by atoms with Crippen molar-refractivity contribution in [2.45, 2.75) is 25.8 Å². The number of anilines is 1. The molecular weight excluding hydrogens is 410 g/mol. The molecule has 0 radical (unpaired) electrons. The predicted octanol–water partition coefficient (Wildman–Crippen LogP) is 3.76. The van der Waals surface area contributed by atoms with Gasteiger partial charge in [-0.05, 0) is 24.5 Å². The van der Waals surface area contributed by atoms with Crippen molar-refractivity contribution in [3.63, 3.8) is 0 Å². The highest BCUT2D eigenvalue weighted by Crippen LogP contribution is 2.24. The lowest BCUT2D eigenvalue weighted by Crippen LogP contribution is -2.39. The fourth-order valence-electron chi connectivity index (χ4n) is 3.11. The van der Waals surface area contributed by atoms with E-state index in [9.17, 15) is 0 Å². The molecule has 1 saturated heterocycles. The van der Waals surface area contributed by atoms with E-state index in [1.165, 1.54) is 23.5 Å². The third-order valence-corrected chi connectivity index (χ3v) is 6.24. The number of rotatable bonds is 6. The second-order valence-corrected chi connectivity index (χ2v) is 8.18. The minimum atomic E-state index is 0.802. The first kappa shape index (κ1) is 19.2. The Morgan fingerprint density at radius 3 is 2.85 bits per heavy atom. The summed E-state index contributed by atoms with van der Waals surface area (Å²) in [5, 5.41) is 6.81. The number of hydrogen-bond acceptors (Lipinski definition) is 4. The zero-order valence-electron chi connectivity index (χ0n) is 15.4. The molecule has 2 aromatic rings. The van der Waals surface area contributed by atoms with Gasteiger partial charge in [-0.3, -0.25) is 4.99 Å². The van der Waals surface area contributed by atoms with Crippen molar-refractivity contribution in [1.29, 1.82) is 0 Å². The van der Waals surface area contributed by atoms with Crippen molar-refractivity contribution in [3.8, 4) is 0 Å². The van der Waals surface area contributed by atoms with E-state index in [0.29, 0.717) is 0 Å². The lowest BCUT2D eigenvalue weighted by Gasteiger charge is -2.22. The molecule has 0 atom stereocenters. The third-order valence-electron chi connectivity index (χ3n) is 4.52. The van der Waals surface area contributed by atoms with Crippen LogP contribution in [0.1, 0.15) is 24.1 Å². The smallest absolute Gasteiger partial charge is 0.193 e. The van der Waals surface area contributed by atoms with Crippen molar-refractivity contribution >= 4 is 38.4 Å². The molecule has 0 unspecified atom stereocenters. The Bertz CT molecular complexity index is 739. The van der Waals surface area contributed by atoms with E-state index in [4.69, 9.17) is 4.98 Å². The molecule has 7 heteroatoms. The van der Waals surface area contributed by atoms with Crippen molar-refractivity contribution in [2.24, 2.45) is 4.99 Å². The van der Waals surface area contributed by atoms with Gasteiger partial charge in [-0.1, -0.05) is 34.1 Å². The third kappa shape index (κ3) is 4.98. The van der Waals surface area contributed by atoms with Gasteiger partial charge in [0.15, 0.2) is 11.1 Å². The van der Waals surface area contributed by atoms with E-state index in [0.717, 1.165) is 48.7 Å². The molecule has 1 fully saturated rings. The molecule has 5 nitrogen and oxygen atoms in total. The van der Waals surface area contributed by atoms with Crippen LogP contribution in [0.4, 0.5) is 5.13 Å². The van der Waals surface area contributed by atoms with E-state index >= 15 is 0 Å². The number of aromatic nitrogens is 1. The van der Waals surface area contributed by atoms with Crippen LogP contribution in [-0.4, -0.2) is 49.6 Å². The molecule has 1 aliphatic rings. The lowest BCUT2D eigenvalue weighted by molar-refractivity contribution is 0.476. The Balaban J connectivity index is 1.49. The Labute approximate surface area is 168 Å². The highest BCUT2D eigenvalue weighted by molar-refractivity contribution is 9.10. The van der Waals surface area contributed by atoms with Gasteiger partial charge < -0.3 is 15.1 Å². The normalized spacial score (nSPS) is 14.7. The highest BCUT2D eigenvalue weighted by Gasteiger charge is 2.15. The molecule has 0 aliphatic carbocycles. The summed E-state index contributed by atoms with van der Waals surface area (Å²) >= 11 is 5.37. The van der Waals surface area contributed by atoms with Gasteiger partial charge in [-0.2, -0.15) is 0 Å². The van der Waals surface area contributed by atoms with Crippen molar-refractivity contribution < 1.29 is 0 Å². The highest BCUT2D eigenvalue weighted by atomic mass is 79.9. The maximum Gasteiger partial charge on any atom is 0.193 e. The number of aliphatic imine (C=N–C) groups is 1. The predicted molar refractivity (Wildman–Crippen MR) is 114 cm³/mol. The molecule has 140 valence electrons. The molecule has 0 bridgehead atoms. The van der Waals surface area contributed by atoms with Crippen LogP contribution in [0.15, 0.2) is 39.1 Å². The maximum atomic E-state index is 4.78. The molecule has 0 amide bonds. The van der Waals surface area contributed by atoms with Gasteiger partial charge in [-0.15, -0.1) is 11.3 Å². The summed E-state index contributed by atoms with van der Waals surface area (Å²) in [6, 6.07) is 8.29. The number of guanidine groups is 1. The summed E-state index contributed by atoms with van der Waals surface area (Å²) in [6.07, 6.45) is 3.49. The van der Waals surface area contributed by atoms with Crippen LogP contribution in [0.2, 0.25) is 0 Å². The van der Waals surface area contributed by atoms with Gasteiger partial charge in [0.1, 0.15) is 0 Å². The Morgan fingerprint density at radius 2 is 2.12 bits per heavy atom. The van der Waals surface area contributed by atoms with E-state index in [1.54, 1.807) is 11.3 Å². The number of benzene rings is 1. The monoisotopic (exact) mass is 435 g/mol. The van der Waals surface area contributed by atoms with Crippen LogP contribution in [0.25, 0.3) is 0 Å². The summed E-state index contributed by atoms with van der Waals surface area (Å²) in [4.78, 5) is 13.7. The molecule has 1 aliphatic heterocycles. The molecule has 1 N–H and O–H groups in total. The topological polar surface area (TPSA) is 43.8 Å². The SMILES string of the molecule is CN=C(NCCc1csc(N2CCCC2)n1)N(C)Cc1ccccc1Br. The average Bonchev–Trinajstić information content (AvgIpc) is 3.32. The van der Waals surface area contributed by atoms with E-state index in [-0.39, 0.29) is 0 Å². The molecule has 0 spiro atoms. The van der Waals surface area contributed by atoms with Crippen LogP contribution in [0, 0.1) is 0 Å². The minimum Gasteiger partial charge on any atom is -0.356 e. The molecular formula is C19H26BrN5S. The Morgan fingerprint density at radius 1 is 1.35 bits per heavy atom. The standard InChI is InChI=1S/C19H26BrN5S/c1-21-18(24(2)13-15-7-3-4-8-17(15)20)22-10-9-16-14-26-19(23-16)25-11-5-6-12-25/h3-4,7-8,14H,5-6,9-13H2,1-2H3,(H,21,22). The number of hydrogen-bond donors (Lipinski definition) is 1. The number of nitrogens with zero attached hydrogens (tertiary/aromatic N) is 4. The number of halogens is 1. The van der Waals surface area contributed by atoms with Crippen LogP contribution >= 0.6 is 27.3 Å². The van der Waals surface area contributed by atoms with Crippen LogP contribution in [0.5, 0.6) is 0 Å². The van der Waals surface area contributed by atoms with E-state index in [1.807, 2.05) is 13.1 Å². The first-order chi connectivity index (χ1) is 12.7. The Hall–Kier alpha value is -1.60. The fourth-order valence-corrected chi connectivity index (χ4v) is 4.43. The van der Waals surface area contributed by atoms with E-state index < -0.39 is 0 Å². The summed E-state index contributed by atoms with van der Waals surface area (Å²) < 4.78 is 1.12. The van der Waals surface area contributed by atoms with Crippen LogP contribution < -0.4 is 10.2 Å². The first-order valence-electron chi connectivity index (χ1n) is 9.02. The van der Waals surface area contributed by atoms with Gasteiger partial charge >= 0.3 is 0 Å². The van der Waals surface area contributed by atoms with Gasteiger partial charge in [0.25, 0.3) is 0 Å². The summed E-state index contributed by atoms with van der Waals surface area (Å²) in [6.45, 7) is 3.93. The molecule has 26 heavy (non-hydrogen) atoms. The zero-order valence-corrected chi connectivity index (χ0v) is 17.8. The van der Waals surface area contributed by atoms with Crippen LogP contribution in [0.3, 0.4) is 0 Å². The second kappa shape index (κ2) is 9.37. The summed E-state index contributed by atoms with van der Waals surface area (Å²) in [5.74, 6) is 0.899. The molecule has 1 aromatic heterocycles. The lowest BCUT2D eigenvalue weighted by atomic mass is 10.2. The van der Waals surface area contributed by atoms with Crippen molar-refractivity contribution in [1.82, 2.24) is 15.2 Å². The minimum absolute atomic E-state index is 0.802. The van der Waals surface area contributed by atoms with Gasteiger partial charge in [-0.25, -0.2) is 4.98 Å². The summed E-state index contributed by atoms with van der Waals surface area (Å²) in [5.41, 5.74) is 2.40. The maximum absolute atomic E-state index is 4.78. The molecule has 1 aromatic carbocycles. The van der Waals surface area contributed by atoms with Gasteiger partial charge in [0.05, 0.1) is 5.69 Å². The van der Waals surface area contributed by atoms with Gasteiger partial charge in [0, 0.05) is 56.5 Å². The van der Waals surface area contributed by atoms with Gasteiger partial charge in [0.2, 0.25) is 0 Å². The molecule has 3 rings (SSSR count). The second-order valence-electron chi connectivity index (χ2n) is 6.49. The quantitative estimate of drug-likeness (QED) is 0.553. The number of nitrogens with one attached hydrogen (secondary N) is 1. The molecule has 0 saturated carbocycles. The largest absolute Gasteiger partial charge is 0.356 e. The fraction of sp³-hybridized carbons (Fsp3) is 0.474. The van der Waals surface area contributed by atoms with E-state index in [2.05, 4.69) is 66.7 Å². The zero-order chi connectivity index (χ0) is 18.4. The molecule has 2 heterocycles. The van der Waals surface area contributed by atoms with Crippen molar-refractivity contribution in [2.75, 3.05) is 38.6 Å².